The molecule has 1 rings (SSSR count). The van der Waals surface area contributed by atoms with Gasteiger partial charge in [-0.05, 0) is 24.6 Å². The first-order valence-electron chi connectivity index (χ1n) is 5.79. The van der Waals surface area contributed by atoms with Gasteiger partial charge in [-0.25, -0.2) is 9.59 Å². The Morgan fingerprint density at radius 2 is 1.61 bits per heavy atom. The zero-order valence-electron chi connectivity index (χ0n) is 10.2. The van der Waals surface area contributed by atoms with Crippen LogP contribution in [0, 0.1) is 0 Å². The van der Waals surface area contributed by atoms with Crippen molar-refractivity contribution in [2.75, 3.05) is 6.61 Å². The molecule has 2 N–H and O–H groups in total. The first-order chi connectivity index (χ1) is 8.54. The van der Waals surface area contributed by atoms with Crippen LogP contribution in [-0.2, 0) is 0 Å². The van der Waals surface area contributed by atoms with E-state index >= 15 is 0 Å². The second-order valence-electron chi connectivity index (χ2n) is 3.91. The average Bonchev–Trinajstić information content (AvgIpc) is 2.34. The number of hydrogen-bond acceptors (Lipinski definition) is 3. The van der Waals surface area contributed by atoms with Gasteiger partial charge in [0.2, 0.25) is 0 Å². The van der Waals surface area contributed by atoms with Crippen molar-refractivity contribution in [1.29, 1.82) is 0 Å². The Balaban J connectivity index is 2.83. The van der Waals surface area contributed by atoms with Crippen LogP contribution in [0.4, 0.5) is 0 Å². The summed E-state index contributed by atoms with van der Waals surface area (Å²) in [5.41, 5.74) is -0.166. The number of benzene rings is 1. The summed E-state index contributed by atoms with van der Waals surface area (Å²) in [6.45, 7) is 2.52. The lowest BCUT2D eigenvalue weighted by atomic mass is 10.1. The summed E-state index contributed by atoms with van der Waals surface area (Å²) in [6.07, 6.45) is 2.93. The number of carboxylic acids is 2. The Labute approximate surface area is 105 Å². The van der Waals surface area contributed by atoms with E-state index in [1.807, 2.05) is 0 Å². The third kappa shape index (κ3) is 4.08. The van der Waals surface area contributed by atoms with Crippen LogP contribution in [0.2, 0.25) is 0 Å². The monoisotopic (exact) mass is 252 g/mol. The summed E-state index contributed by atoms with van der Waals surface area (Å²) in [4.78, 5) is 21.7. The minimum absolute atomic E-state index is 0.0830. The van der Waals surface area contributed by atoms with Crippen LogP contribution >= 0.6 is 0 Å². The van der Waals surface area contributed by atoms with Crippen LogP contribution in [-0.4, -0.2) is 28.8 Å². The molecule has 0 aliphatic heterocycles. The van der Waals surface area contributed by atoms with Crippen LogP contribution in [0.25, 0.3) is 0 Å². The van der Waals surface area contributed by atoms with E-state index in [2.05, 4.69) is 6.92 Å². The molecule has 0 bridgehead atoms. The molecule has 98 valence electrons. The lowest BCUT2D eigenvalue weighted by Crippen LogP contribution is -2.05. The highest BCUT2D eigenvalue weighted by Crippen LogP contribution is 2.18. The SMILES string of the molecule is CCCCCOc1cc(C(=O)O)cc(C(=O)O)c1. The Morgan fingerprint density at radius 3 is 2.06 bits per heavy atom. The van der Waals surface area contributed by atoms with Gasteiger partial charge in [-0.1, -0.05) is 19.8 Å². The maximum absolute atomic E-state index is 10.9. The molecule has 0 aromatic heterocycles. The highest BCUT2D eigenvalue weighted by Gasteiger charge is 2.11. The van der Waals surface area contributed by atoms with E-state index in [0.717, 1.165) is 25.3 Å². The van der Waals surface area contributed by atoms with Crippen molar-refractivity contribution >= 4 is 11.9 Å². The lowest BCUT2D eigenvalue weighted by Gasteiger charge is -2.08. The highest BCUT2D eigenvalue weighted by molar-refractivity contribution is 5.94. The molecule has 5 heteroatoms. The molecule has 0 radical (unpaired) electrons. The van der Waals surface area contributed by atoms with Crippen LogP contribution in [0.1, 0.15) is 46.9 Å². The average molecular weight is 252 g/mol. The summed E-state index contributed by atoms with van der Waals surface area (Å²) in [7, 11) is 0. The zero-order valence-corrected chi connectivity index (χ0v) is 10.2. The molecule has 0 aliphatic carbocycles. The van der Waals surface area contributed by atoms with Crippen molar-refractivity contribution in [3.05, 3.63) is 29.3 Å². The fraction of sp³-hybridized carbons (Fsp3) is 0.385. The number of carbonyl (C=O) groups is 2. The van der Waals surface area contributed by atoms with Gasteiger partial charge in [0.05, 0.1) is 17.7 Å². The summed E-state index contributed by atoms with van der Waals surface area (Å²) in [6, 6.07) is 3.78. The number of rotatable bonds is 7. The van der Waals surface area contributed by atoms with E-state index in [1.54, 1.807) is 0 Å². The fourth-order valence-corrected chi connectivity index (χ4v) is 1.47. The predicted octanol–water partition coefficient (Wildman–Crippen LogP) is 2.65. The molecular weight excluding hydrogens is 236 g/mol. The van der Waals surface area contributed by atoms with Crippen molar-refractivity contribution < 1.29 is 24.5 Å². The molecule has 1 aromatic rings. The number of carboxylic acid groups (broad SMARTS) is 2. The van der Waals surface area contributed by atoms with Gasteiger partial charge in [0, 0.05) is 0 Å². The van der Waals surface area contributed by atoms with Crippen molar-refractivity contribution in [1.82, 2.24) is 0 Å². The van der Waals surface area contributed by atoms with E-state index in [-0.39, 0.29) is 16.9 Å². The molecule has 0 saturated heterocycles. The molecule has 0 amide bonds. The highest BCUT2D eigenvalue weighted by atomic mass is 16.5. The van der Waals surface area contributed by atoms with Gasteiger partial charge in [0.1, 0.15) is 5.75 Å². The molecule has 1 aromatic carbocycles. The largest absolute Gasteiger partial charge is 0.494 e. The lowest BCUT2D eigenvalue weighted by molar-refractivity contribution is 0.0696. The third-order valence-electron chi connectivity index (χ3n) is 2.42. The van der Waals surface area contributed by atoms with E-state index < -0.39 is 11.9 Å². The topological polar surface area (TPSA) is 83.8 Å². The normalized spacial score (nSPS) is 10.1. The Kier molecular flexibility index (Phi) is 5.17. The molecule has 0 spiro atoms. The van der Waals surface area contributed by atoms with Gasteiger partial charge in [0.25, 0.3) is 0 Å². The standard InChI is InChI=1S/C13H16O5/c1-2-3-4-5-18-11-7-9(12(14)15)6-10(8-11)13(16)17/h6-8H,2-5H2,1H3,(H,14,15)(H,16,17). The first-order valence-corrected chi connectivity index (χ1v) is 5.79. The number of aromatic carboxylic acids is 2. The van der Waals surface area contributed by atoms with Crippen LogP contribution in [0.15, 0.2) is 18.2 Å². The molecule has 0 saturated carbocycles. The van der Waals surface area contributed by atoms with Gasteiger partial charge >= 0.3 is 11.9 Å². The van der Waals surface area contributed by atoms with Gasteiger partial charge in [-0.3, -0.25) is 0 Å². The molecule has 0 aliphatic rings. The second kappa shape index (κ2) is 6.64. The first kappa shape index (κ1) is 14.0. The van der Waals surface area contributed by atoms with Crippen LogP contribution in [0.3, 0.4) is 0 Å². The maximum Gasteiger partial charge on any atom is 0.335 e. The third-order valence-corrected chi connectivity index (χ3v) is 2.42. The van der Waals surface area contributed by atoms with E-state index in [4.69, 9.17) is 14.9 Å². The van der Waals surface area contributed by atoms with Crippen LogP contribution in [0.5, 0.6) is 5.75 Å². The van der Waals surface area contributed by atoms with Crippen molar-refractivity contribution in [3.63, 3.8) is 0 Å². The Morgan fingerprint density at radius 1 is 1.06 bits per heavy atom. The summed E-state index contributed by atoms with van der Waals surface area (Å²) in [5, 5.41) is 17.8. The van der Waals surface area contributed by atoms with Gasteiger partial charge in [-0.2, -0.15) is 0 Å². The van der Waals surface area contributed by atoms with Crippen molar-refractivity contribution in [3.8, 4) is 5.75 Å². The molecule has 18 heavy (non-hydrogen) atoms. The van der Waals surface area contributed by atoms with E-state index in [1.165, 1.54) is 12.1 Å². The number of ether oxygens (including phenoxy) is 1. The fourth-order valence-electron chi connectivity index (χ4n) is 1.47. The zero-order chi connectivity index (χ0) is 13.5. The molecule has 0 atom stereocenters. The molecule has 0 unspecified atom stereocenters. The summed E-state index contributed by atoms with van der Waals surface area (Å²) >= 11 is 0. The van der Waals surface area contributed by atoms with Gasteiger partial charge in [0.15, 0.2) is 0 Å². The molecule has 0 heterocycles. The quantitative estimate of drug-likeness (QED) is 0.729. The number of hydrogen-bond donors (Lipinski definition) is 2. The Hall–Kier alpha value is -2.04. The number of unbranched alkanes of at least 4 members (excludes halogenated alkanes) is 2. The maximum atomic E-state index is 10.9. The summed E-state index contributed by atoms with van der Waals surface area (Å²) < 4.78 is 5.36. The van der Waals surface area contributed by atoms with Crippen molar-refractivity contribution in [2.45, 2.75) is 26.2 Å². The molecule has 5 nitrogen and oxygen atoms in total. The predicted molar refractivity (Wildman–Crippen MR) is 65.4 cm³/mol. The Bertz CT molecular complexity index is 407. The molecule has 0 fully saturated rings. The van der Waals surface area contributed by atoms with Gasteiger partial charge < -0.3 is 14.9 Å². The van der Waals surface area contributed by atoms with Gasteiger partial charge in [-0.15, -0.1) is 0 Å². The van der Waals surface area contributed by atoms with Crippen molar-refractivity contribution in [2.24, 2.45) is 0 Å². The summed E-state index contributed by atoms with van der Waals surface area (Å²) in [5.74, 6) is -2.06. The minimum atomic E-state index is -1.17. The second-order valence-corrected chi connectivity index (χ2v) is 3.91. The van der Waals surface area contributed by atoms with E-state index in [9.17, 15) is 9.59 Å². The smallest absolute Gasteiger partial charge is 0.335 e. The van der Waals surface area contributed by atoms with Crippen LogP contribution < -0.4 is 4.74 Å². The minimum Gasteiger partial charge on any atom is -0.494 e. The molecular formula is C13H16O5. The van der Waals surface area contributed by atoms with E-state index in [0.29, 0.717) is 6.61 Å².